The minimum Gasteiger partial charge on any atom is -0.394 e. The zero-order valence-electron chi connectivity index (χ0n) is 13.9. The van der Waals surface area contributed by atoms with Crippen LogP contribution in [-0.2, 0) is 4.74 Å². The molecule has 0 aromatic heterocycles. The Morgan fingerprint density at radius 3 is 1.94 bits per heavy atom. The molecule has 3 nitrogen and oxygen atoms in total. The second kappa shape index (κ2) is 14.9. The lowest BCUT2D eigenvalue weighted by Gasteiger charge is -2.07. The Hall–Kier alpha value is -0.120. The highest BCUT2D eigenvalue weighted by Crippen LogP contribution is 2.10. The van der Waals surface area contributed by atoms with Gasteiger partial charge in [-0.2, -0.15) is 0 Å². The molecule has 0 aromatic rings. The lowest BCUT2D eigenvalue weighted by molar-refractivity contribution is 0.00526. The fourth-order valence-electron chi connectivity index (χ4n) is 1.85. The number of ether oxygens (including phenoxy) is 1. The molecule has 3 heteroatoms. The van der Waals surface area contributed by atoms with Crippen LogP contribution in [0.1, 0.15) is 73.9 Å². The minimum atomic E-state index is -2.14. The molecule has 0 aromatic carbocycles. The van der Waals surface area contributed by atoms with E-state index in [0.29, 0.717) is 6.61 Å². The molecule has 0 aliphatic heterocycles. The van der Waals surface area contributed by atoms with E-state index >= 15 is 0 Å². The number of hydrogen-bond acceptors (Lipinski definition) is 3. The van der Waals surface area contributed by atoms with Gasteiger partial charge in [-0.05, 0) is 6.42 Å². The van der Waals surface area contributed by atoms with Crippen LogP contribution in [0.2, 0.25) is 0 Å². The third kappa shape index (κ3) is 13.9. The van der Waals surface area contributed by atoms with E-state index in [-0.39, 0.29) is 0 Å². The lowest BCUT2D eigenvalue weighted by atomic mass is 10.1. The average Bonchev–Trinajstić information content (AvgIpc) is 2.43. The second-order valence-corrected chi connectivity index (χ2v) is 4.85. The standard InChI is InChI=1S/C15H32O3/c1-2-3-4-5-6-7-8-9-10-11-12-18-14-15(17)13-16/h15-17H,2-14H2,1H3/t15-/m1/s1/i14D2. The molecule has 0 bridgehead atoms. The van der Waals surface area contributed by atoms with Gasteiger partial charge in [0.2, 0.25) is 0 Å². The van der Waals surface area contributed by atoms with Crippen molar-refractivity contribution in [2.75, 3.05) is 19.8 Å². The zero-order chi connectivity index (χ0) is 15.3. The first-order chi connectivity index (χ1) is 9.54. The van der Waals surface area contributed by atoms with Gasteiger partial charge in [-0.25, -0.2) is 0 Å². The van der Waals surface area contributed by atoms with Crippen LogP contribution in [0.3, 0.4) is 0 Å². The molecule has 0 aliphatic carbocycles. The Bertz CT molecular complexity index is 213. The largest absolute Gasteiger partial charge is 0.394 e. The quantitative estimate of drug-likeness (QED) is 0.472. The third-order valence-corrected chi connectivity index (χ3v) is 2.99. The van der Waals surface area contributed by atoms with Gasteiger partial charge in [0.1, 0.15) is 6.10 Å². The van der Waals surface area contributed by atoms with Crippen LogP contribution < -0.4 is 0 Å². The molecular formula is C15H32O3. The van der Waals surface area contributed by atoms with Crippen LogP contribution in [0.5, 0.6) is 0 Å². The Morgan fingerprint density at radius 2 is 1.44 bits per heavy atom. The molecule has 0 heterocycles. The van der Waals surface area contributed by atoms with Crippen molar-refractivity contribution in [3.63, 3.8) is 0 Å². The maximum absolute atomic E-state index is 9.20. The number of hydrogen-bond donors (Lipinski definition) is 2. The van der Waals surface area contributed by atoms with Crippen LogP contribution in [0, 0.1) is 0 Å². The van der Waals surface area contributed by atoms with Crippen molar-refractivity contribution in [1.82, 2.24) is 0 Å². The van der Waals surface area contributed by atoms with Gasteiger partial charge < -0.3 is 14.9 Å². The van der Waals surface area contributed by atoms with E-state index in [1.54, 1.807) is 0 Å². The summed E-state index contributed by atoms with van der Waals surface area (Å²) in [5.41, 5.74) is 0. The Labute approximate surface area is 115 Å². The zero-order valence-corrected chi connectivity index (χ0v) is 11.9. The van der Waals surface area contributed by atoms with Crippen molar-refractivity contribution in [2.45, 2.75) is 77.2 Å². The minimum absolute atomic E-state index is 0.292. The highest BCUT2D eigenvalue weighted by atomic mass is 16.5. The van der Waals surface area contributed by atoms with E-state index in [1.165, 1.54) is 44.9 Å². The molecule has 1 atom stereocenters. The molecule has 0 saturated heterocycles. The summed E-state index contributed by atoms with van der Waals surface area (Å²) in [5, 5.41) is 17.9. The number of aliphatic hydroxyl groups is 2. The summed E-state index contributed by atoms with van der Waals surface area (Å²) in [7, 11) is 0. The molecule has 0 unspecified atom stereocenters. The van der Waals surface area contributed by atoms with Crippen LogP contribution in [-0.4, -0.2) is 36.1 Å². The van der Waals surface area contributed by atoms with Crippen molar-refractivity contribution < 1.29 is 17.7 Å². The predicted octanol–water partition coefficient (Wildman–Crippen LogP) is 3.28. The molecule has 0 spiro atoms. The van der Waals surface area contributed by atoms with Gasteiger partial charge in [-0.1, -0.05) is 64.7 Å². The molecule has 0 amide bonds. The van der Waals surface area contributed by atoms with Crippen LogP contribution in [0.25, 0.3) is 0 Å². The SMILES string of the molecule is [2H]C([2H])(OCCCCCCCCCCCC)[C@H](O)CO. The number of aliphatic hydroxyl groups excluding tert-OH is 2. The maximum atomic E-state index is 9.20. The van der Waals surface area contributed by atoms with Crippen molar-refractivity contribution in [2.24, 2.45) is 0 Å². The van der Waals surface area contributed by atoms with E-state index in [1.807, 2.05) is 0 Å². The molecule has 110 valence electrons. The third-order valence-electron chi connectivity index (χ3n) is 2.99. The molecule has 0 fully saturated rings. The first-order valence-corrected chi connectivity index (χ1v) is 7.47. The summed E-state index contributed by atoms with van der Waals surface area (Å²) >= 11 is 0. The van der Waals surface area contributed by atoms with Gasteiger partial charge in [-0.15, -0.1) is 0 Å². The molecule has 2 N–H and O–H groups in total. The molecule has 0 saturated carbocycles. The smallest absolute Gasteiger partial charge is 0.100 e. The van der Waals surface area contributed by atoms with Gasteiger partial charge in [-0.3, -0.25) is 0 Å². The topological polar surface area (TPSA) is 49.7 Å². The van der Waals surface area contributed by atoms with Crippen LogP contribution in [0.4, 0.5) is 0 Å². The Kier molecular flexibility index (Phi) is 11.9. The number of rotatable bonds is 14. The average molecular weight is 262 g/mol. The molecule has 0 radical (unpaired) electrons. The van der Waals surface area contributed by atoms with Gasteiger partial charge in [0.15, 0.2) is 0 Å². The molecule has 0 rings (SSSR count). The van der Waals surface area contributed by atoms with Crippen molar-refractivity contribution >= 4 is 0 Å². The van der Waals surface area contributed by atoms with Gasteiger partial charge >= 0.3 is 0 Å². The maximum Gasteiger partial charge on any atom is 0.100 e. The van der Waals surface area contributed by atoms with Crippen molar-refractivity contribution in [3.05, 3.63) is 0 Å². The summed E-state index contributed by atoms with van der Waals surface area (Å²) in [6, 6.07) is 0. The van der Waals surface area contributed by atoms with Crippen molar-refractivity contribution in [1.29, 1.82) is 0 Å². The second-order valence-electron chi connectivity index (χ2n) is 4.85. The summed E-state index contributed by atoms with van der Waals surface area (Å²) in [5.74, 6) is 0. The van der Waals surface area contributed by atoms with E-state index in [9.17, 15) is 5.11 Å². The van der Waals surface area contributed by atoms with E-state index in [0.717, 1.165) is 19.3 Å². The normalized spacial score (nSPS) is 15.3. The van der Waals surface area contributed by atoms with Gasteiger partial charge in [0, 0.05) is 6.61 Å². The molecule has 0 aliphatic rings. The first kappa shape index (κ1) is 14.3. The highest BCUT2D eigenvalue weighted by molar-refractivity contribution is 4.50. The predicted molar refractivity (Wildman–Crippen MR) is 75.8 cm³/mol. The fraction of sp³-hybridized carbons (Fsp3) is 1.00. The number of unbranched alkanes of at least 4 members (excludes halogenated alkanes) is 9. The van der Waals surface area contributed by atoms with E-state index in [4.69, 9.17) is 12.6 Å². The van der Waals surface area contributed by atoms with Crippen LogP contribution >= 0.6 is 0 Å². The lowest BCUT2D eigenvalue weighted by Crippen LogP contribution is -2.19. The summed E-state index contributed by atoms with van der Waals surface area (Å²) in [4.78, 5) is 0. The van der Waals surface area contributed by atoms with Gasteiger partial charge in [0.05, 0.1) is 15.9 Å². The highest BCUT2D eigenvalue weighted by Gasteiger charge is 2.00. The first-order valence-electron chi connectivity index (χ1n) is 8.47. The van der Waals surface area contributed by atoms with Crippen molar-refractivity contribution in [3.8, 4) is 0 Å². The van der Waals surface area contributed by atoms with E-state index in [2.05, 4.69) is 6.92 Å². The van der Waals surface area contributed by atoms with E-state index < -0.39 is 19.3 Å². The monoisotopic (exact) mass is 262 g/mol. The summed E-state index contributed by atoms with van der Waals surface area (Å²) in [6.07, 6.45) is 10.7. The Morgan fingerprint density at radius 1 is 0.944 bits per heavy atom. The fourth-order valence-corrected chi connectivity index (χ4v) is 1.85. The Balaban J connectivity index is 3.28. The van der Waals surface area contributed by atoms with Gasteiger partial charge in [0.25, 0.3) is 0 Å². The summed E-state index contributed by atoms with van der Waals surface area (Å²) in [6.45, 7) is -0.246. The van der Waals surface area contributed by atoms with Crippen LogP contribution in [0.15, 0.2) is 0 Å². The molecular weight excluding hydrogens is 228 g/mol. The summed E-state index contributed by atoms with van der Waals surface area (Å²) < 4.78 is 19.8. The molecule has 18 heavy (non-hydrogen) atoms.